The van der Waals surface area contributed by atoms with Crippen LogP contribution in [0.2, 0.25) is 0 Å². The van der Waals surface area contributed by atoms with Crippen LogP contribution in [0.3, 0.4) is 0 Å². The predicted octanol–water partition coefficient (Wildman–Crippen LogP) is -0.674. The first kappa shape index (κ1) is 33.2. The van der Waals surface area contributed by atoms with Gasteiger partial charge in [0.2, 0.25) is 0 Å². The minimum Gasteiger partial charge on any atom is -1.00 e. The Morgan fingerprint density at radius 2 is 0.735 bits per heavy atom. The van der Waals surface area contributed by atoms with Gasteiger partial charge in [0.05, 0.1) is 11.2 Å². The monoisotopic (exact) mass is 600 g/mol. The van der Waals surface area contributed by atoms with E-state index >= 15 is 0 Å². The van der Waals surface area contributed by atoms with Gasteiger partial charge in [0.1, 0.15) is 13.1 Å². The number of nitrogens with zero attached hydrogens (tertiary/aromatic N) is 2. The topological polar surface area (TPSA) is 48.2 Å². The third-order valence-corrected chi connectivity index (χ3v) is 6.28. The van der Waals surface area contributed by atoms with Crippen LogP contribution in [0.15, 0.2) is 49.1 Å². The summed E-state index contributed by atoms with van der Waals surface area (Å²) in [5, 5.41) is 20.0. The molecule has 0 spiro atoms. The van der Waals surface area contributed by atoms with Crippen LogP contribution in [0.4, 0.5) is 0 Å². The molecule has 0 aliphatic heterocycles. The Balaban J connectivity index is 0.00000544. The summed E-state index contributed by atoms with van der Waals surface area (Å²) >= 11 is 0. The average Bonchev–Trinajstić information content (AvgIpc) is 2.74. The highest BCUT2D eigenvalue weighted by Crippen LogP contribution is 2.18. The fourth-order valence-corrected chi connectivity index (χ4v) is 4.03. The van der Waals surface area contributed by atoms with Gasteiger partial charge < -0.3 is 44.2 Å². The fourth-order valence-electron chi connectivity index (χ4n) is 4.03. The van der Waals surface area contributed by atoms with Gasteiger partial charge in [0.25, 0.3) is 0 Å². The van der Waals surface area contributed by atoms with E-state index < -0.39 is 11.2 Å². The molecule has 0 amide bonds. The van der Waals surface area contributed by atoms with Crippen molar-refractivity contribution in [1.29, 1.82) is 0 Å². The van der Waals surface area contributed by atoms with Gasteiger partial charge in [0.15, 0.2) is 24.8 Å². The molecule has 2 rings (SSSR count). The van der Waals surface area contributed by atoms with Crippen LogP contribution in [-0.2, 0) is 24.3 Å². The number of pyridine rings is 2. The second-order valence-electron chi connectivity index (χ2n) is 10.3. The lowest BCUT2D eigenvalue weighted by Gasteiger charge is -2.16. The molecular weight excluding hydrogens is 556 g/mol. The molecule has 0 unspecified atom stereocenters. The molecule has 2 aromatic rings. The minimum atomic E-state index is -0.761. The zero-order valence-corrected chi connectivity index (χ0v) is 24.8. The van der Waals surface area contributed by atoms with Gasteiger partial charge in [-0.25, -0.2) is 9.13 Å². The molecule has 0 aromatic carbocycles. The zero-order chi connectivity index (χ0) is 23.5. The maximum absolute atomic E-state index is 10.0. The summed E-state index contributed by atoms with van der Waals surface area (Å²) < 4.78 is 4.44. The van der Waals surface area contributed by atoms with Crippen molar-refractivity contribution in [2.24, 2.45) is 0 Å². The quantitative estimate of drug-likeness (QED) is 0.210. The molecule has 0 bridgehead atoms. The Morgan fingerprint density at radius 1 is 0.500 bits per heavy atom. The van der Waals surface area contributed by atoms with E-state index in [9.17, 15) is 10.2 Å². The summed E-state index contributed by atoms with van der Waals surface area (Å²) in [6.07, 6.45) is 21.5. The highest BCUT2D eigenvalue weighted by molar-refractivity contribution is 5.15. The van der Waals surface area contributed by atoms with Gasteiger partial charge in [-0.15, -0.1) is 0 Å². The lowest BCUT2D eigenvalue weighted by Crippen LogP contribution is -3.00. The summed E-state index contributed by atoms with van der Waals surface area (Å²) in [7, 11) is 0. The lowest BCUT2D eigenvalue weighted by molar-refractivity contribution is -0.697. The van der Waals surface area contributed by atoms with E-state index in [1.165, 1.54) is 64.2 Å². The summed E-state index contributed by atoms with van der Waals surface area (Å²) in [5.74, 6) is 0. The van der Waals surface area contributed by atoms with E-state index in [2.05, 4.69) is 33.9 Å². The van der Waals surface area contributed by atoms with Crippen LogP contribution >= 0.6 is 0 Å². The molecule has 0 aliphatic rings. The van der Waals surface area contributed by atoms with E-state index in [0.29, 0.717) is 0 Å². The molecule has 0 saturated heterocycles. The number of halogens is 2. The second kappa shape index (κ2) is 16.8. The molecular formula is C28H46Br2N2O2. The number of rotatable bonds is 15. The molecule has 194 valence electrons. The van der Waals surface area contributed by atoms with Crippen molar-refractivity contribution < 1.29 is 53.3 Å². The first-order chi connectivity index (χ1) is 15.2. The summed E-state index contributed by atoms with van der Waals surface area (Å²) in [6, 6.07) is 8.08. The fraction of sp³-hybridized carbons (Fsp3) is 0.643. The Bertz CT molecular complexity index is 699. The molecule has 2 N–H and O–H groups in total. The van der Waals surface area contributed by atoms with Gasteiger partial charge in [0, 0.05) is 37.1 Å². The van der Waals surface area contributed by atoms with Crippen molar-refractivity contribution >= 4 is 0 Å². The maximum Gasteiger partial charge on any atom is 0.169 e. The number of unbranched alkanes of at least 4 members (excludes halogenated alkanes) is 9. The van der Waals surface area contributed by atoms with Crippen molar-refractivity contribution in [2.45, 2.75) is 116 Å². The molecule has 4 nitrogen and oxygen atoms in total. The largest absolute Gasteiger partial charge is 1.00 e. The van der Waals surface area contributed by atoms with Crippen molar-refractivity contribution in [3.05, 3.63) is 60.2 Å². The van der Waals surface area contributed by atoms with Gasteiger partial charge in [-0.3, -0.25) is 0 Å². The third-order valence-electron chi connectivity index (χ3n) is 6.28. The first-order valence-corrected chi connectivity index (χ1v) is 12.6. The van der Waals surface area contributed by atoms with E-state index in [4.69, 9.17) is 0 Å². The average molecular weight is 602 g/mol. The van der Waals surface area contributed by atoms with Crippen LogP contribution in [0.5, 0.6) is 0 Å². The zero-order valence-electron chi connectivity index (χ0n) is 21.6. The minimum absolute atomic E-state index is 0. The van der Waals surface area contributed by atoms with Crippen LogP contribution in [0.25, 0.3) is 0 Å². The standard InChI is InChI=1S/C28H46N2O2.2BrH/c1-27(2,31)25-15-21-29(22-16-25)19-13-11-9-7-5-6-8-10-12-14-20-30-23-17-26(18-24-30)28(3,4)32;;/h15-18,21-24,31-32H,5-14,19-20H2,1-4H3;2*1H/q+2;;/p-2. The Labute approximate surface area is 229 Å². The lowest BCUT2D eigenvalue weighted by atomic mass is 10.00. The number of hydrogen-bond acceptors (Lipinski definition) is 2. The van der Waals surface area contributed by atoms with E-state index in [-0.39, 0.29) is 34.0 Å². The highest BCUT2D eigenvalue weighted by atomic mass is 79.9. The summed E-state index contributed by atoms with van der Waals surface area (Å²) in [4.78, 5) is 0. The smallest absolute Gasteiger partial charge is 0.169 e. The Kier molecular flexibility index (Phi) is 16.4. The van der Waals surface area contributed by atoms with E-state index in [1.54, 1.807) is 0 Å². The number of aliphatic hydroxyl groups is 2. The van der Waals surface area contributed by atoms with Crippen LogP contribution in [0, 0.1) is 0 Å². The van der Waals surface area contributed by atoms with Crippen molar-refractivity contribution in [3.8, 4) is 0 Å². The Hall–Kier alpha value is -0.820. The van der Waals surface area contributed by atoms with Crippen molar-refractivity contribution in [3.63, 3.8) is 0 Å². The summed E-state index contributed by atoms with van der Waals surface area (Å²) in [5.41, 5.74) is 0.410. The normalized spacial score (nSPS) is 11.6. The van der Waals surface area contributed by atoms with E-state index in [0.717, 1.165) is 24.2 Å². The molecule has 2 heterocycles. The number of aromatic nitrogens is 2. The van der Waals surface area contributed by atoms with Crippen LogP contribution in [-0.4, -0.2) is 10.2 Å². The van der Waals surface area contributed by atoms with Gasteiger partial charge >= 0.3 is 0 Å². The molecule has 0 atom stereocenters. The molecule has 0 saturated carbocycles. The SMILES string of the molecule is CC(C)(O)c1cc[n+](CCCCCCCCCCCC[n+]2ccc(C(C)(C)O)cc2)cc1.[Br-].[Br-]. The molecule has 0 radical (unpaired) electrons. The van der Waals surface area contributed by atoms with Gasteiger partial charge in [-0.1, -0.05) is 38.5 Å². The molecule has 0 aliphatic carbocycles. The molecule has 0 fully saturated rings. The maximum atomic E-state index is 10.0. The van der Waals surface area contributed by atoms with Crippen LogP contribution in [0.1, 0.15) is 103 Å². The van der Waals surface area contributed by atoms with E-state index in [1.807, 2.05) is 52.0 Å². The van der Waals surface area contributed by atoms with Crippen molar-refractivity contribution in [1.82, 2.24) is 0 Å². The number of aryl methyl sites for hydroxylation is 2. The van der Waals surface area contributed by atoms with Crippen molar-refractivity contribution in [2.75, 3.05) is 0 Å². The van der Waals surface area contributed by atoms with Gasteiger partial charge in [-0.2, -0.15) is 0 Å². The highest BCUT2D eigenvalue weighted by Gasteiger charge is 2.17. The molecule has 6 heteroatoms. The number of hydrogen-bond donors (Lipinski definition) is 2. The molecule has 2 aromatic heterocycles. The Morgan fingerprint density at radius 3 is 0.971 bits per heavy atom. The van der Waals surface area contributed by atoms with Gasteiger partial charge in [-0.05, 0) is 51.7 Å². The molecule has 34 heavy (non-hydrogen) atoms. The first-order valence-electron chi connectivity index (χ1n) is 12.6. The van der Waals surface area contributed by atoms with Crippen LogP contribution < -0.4 is 43.1 Å². The third kappa shape index (κ3) is 13.3. The predicted molar refractivity (Wildman–Crippen MR) is 130 cm³/mol. The summed E-state index contributed by atoms with van der Waals surface area (Å²) in [6.45, 7) is 9.42. The second-order valence-corrected chi connectivity index (χ2v) is 10.3.